The summed E-state index contributed by atoms with van der Waals surface area (Å²) < 4.78 is 51.7. The number of pyridine rings is 1. The van der Waals surface area contributed by atoms with E-state index in [0.717, 1.165) is 11.8 Å². The number of nitrogens with one attached hydrogen (secondary N) is 1. The molecule has 0 bridgehead atoms. The van der Waals surface area contributed by atoms with Gasteiger partial charge >= 0.3 is 0 Å². The minimum Gasteiger partial charge on any atom is -0.260 e. The first-order chi connectivity index (χ1) is 12.3. The molecule has 1 heterocycles. The number of hydrogen-bond acceptors (Lipinski definition) is 5. The van der Waals surface area contributed by atoms with Crippen molar-refractivity contribution in [2.45, 2.75) is 13.0 Å². The van der Waals surface area contributed by atoms with Gasteiger partial charge in [-0.05, 0) is 24.1 Å². The molecule has 2 rings (SSSR count). The van der Waals surface area contributed by atoms with Crippen molar-refractivity contribution in [1.29, 1.82) is 0 Å². The van der Waals surface area contributed by atoms with Crippen molar-refractivity contribution < 1.29 is 16.8 Å². The zero-order valence-electron chi connectivity index (χ0n) is 14.6. The van der Waals surface area contributed by atoms with Gasteiger partial charge in [0.05, 0.1) is 24.2 Å². The maximum absolute atomic E-state index is 12.1. The molecule has 0 aliphatic carbocycles. The molecule has 0 aliphatic heterocycles. The van der Waals surface area contributed by atoms with Crippen molar-refractivity contribution in [3.63, 3.8) is 0 Å². The van der Waals surface area contributed by atoms with Crippen LogP contribution in [0.3, 0.4) is 0 Å². The van der Waals surface area contributed by atoms with E-state index in [1.54, 1.807) is 24.4 Å². The van der Waals surface area contributed by atoms with Crippen LogP contribution < -0.4 is 4.72 Å². The first kappa shape index (κ1) is 20.5. The molecule has 1 N–H and O–H groups in total. The van der Waals surface area contributed by atoms with Gasteiger partial charge in [0.25, 0.3) is 0 Å². The molecule has 0 spiro atoms. The lowest BCUT2D eigenvalue weighted by Crippen LogP contribution is -2.38. The van der Waals surface area contributed by atoms with Crippen LogP contribution in [-0.2, 0) is 33.0 Å². The van der Waals surface area contributed by atoms with Gasteiger partial charge in [0, 0.05) is 19.3 Å². The monoisotopic (exact) mass is 397 g/mol. The second-order valence-electron chi connectivity index (χ2n) is 5.87. The summed E-state index contributed by atoms with van der Waals surface area (Å²) in [6.45, 7) is 0.155. The van der Waals surface area contributed by atoms with E-state index >= 15 is 0 Å². The fourth-order valence-electron chi connectivity index (χ4n) is 2.33. The summed E-state index contributed by atoms with van der Waals surface area (Å²) in [4.78, 5) is 4.11. The summed E-state index contributed by atoms with van der Waals surface area (Å²) in [6, 6.07) is 14.6. The van der Waals surface area contributed by atoms with Gasteiger partial charge in [0.1, 0.15) is 0 Å². The fraction of sp³-hybridized carbons (Fsp3) is 0.353. The third-order valence-corrected chi connectivity index (χ3v) is 6.35. The lowest BCUT2D eigenvalue weighted by Gasteiger charge is -2.19. The molecule has 26 heavy (non-hydrogen) atoms. The predicted octanol–water partition coefficient (Wildman–Crippen LogP) is 1.01. The van der Waals surface area contributed by atoms with Gasteiger partial charge in [0.15, 0.2) is 0 Å². The number of sulfonamides is 2. The third kappa shape index (κ3) is 7.20. The van der Waals surface area contributed by atoms with E-state index in [4.69, 9.17) is 0 Å². The Morgan fingerprint density at radius 3 is 2.31 bits per heavy atom. The number of aryl methyl sites for hydroxylation is 1. The molecular weight excluding hydrogens is 374 g/mol. The molecule has 142 valence electrons. The van der Waals surface area contributed by atoms with E-state index in [0.29, 0.717) is 12.1 Å². The zero-order valence-corrected chi connectivity index (χ0v) is 16.2. The van der Waals surface area contributed by atoms with Crippen LogP contribution in [0.1, 0.15) is 11.3 Å². The summed E-state index contributed by atoms with van der Waals surface area (Å²) >= 11 is 0. The first-order valence-corrected chi connectivity index (χ1v) is 11.6. The molecule has 0 radical (unpaired) electrons. The Hall–Kier alpha value is -1.81. The molecule has 0 saturated carbocycles. The third-order valence-electron chi connectivity index (χ3n) is 3.72. The van der Waals surface area contributed by atoms with E-state index < -0.39 is 20.0 Å². The normalized spacial score (nSPS) is 12.4. The van der Waals surface area contributed by atoms with Crippen LogP contribution in [0.25, 0.3) is 0 Å². The Kier molecular flexibility index (Phi) is 7.27. The second-order valence-corrected chi connectivity index (χ2v) is 9.78. The highest BCUT2D eigenvalue weighted by molar-refractivity contribution is 7.89. The predicted molar refractivity (Wildman–Crippen MR) is 101 cm³/mol. The molecule has 1 aromatic carbocycles. The van der Waals surface area contributed by atoms with Gasteiger partial charge in [-0.25, -0.2) is 21.6 Å². The standard InChI is InChI=1S/C17H23N3O4S2/c1-25(21,22)20(15-17-9-5-6-11-18-17)13-12-19-26(23,24)14-10-16-7-3-2-4-8-16/h2-9,11,19H,10,12-15H2,1H3. The molecule has 0 aliphatic rings. The summed E-state index contributed by atoms with van der Waals surface area (Å²) in [5.74, 6) is -0.0455. The first-order valence-electron chi connectivity index (χ1n) is 8.12. The Labute approximate surface area is 155 Å². The molecule has 0 saturated heterocycles. The van der Waals surface area contributed by atoms with Crippen LogP contribution in [0.2, 0.25) is 0 Å². The van der Waals surface area contributed by atoms with Gasteiger partial charge in [-0.15, -0.1) is 0 Å². The lowest BCUT2D eigenvalue weighted by atomic mass is 10.2. The summed E-state index contributed by atoms with van der Waals surface area (Å²) in [5, 5.41) is 0. The molecule has 7 nitrogen and oxygen atoms in total. The maximum Gasteiger partial charge on any atom is 0.211 e. The molecule has 2 aromatic rings. The van der Waals surface area contributed by atoms with Crippen molar-refractivity contribution in [3.05, 3.63) is 66.0 Å². The minimum absolute atomic E-state index is 0.0109. The van der Waals surface area contributed by atoms with Crippen LogP contribution >= 0.6 is 0 Å². The molecule has 1 aromatic heterocycles. The quantitative estimate of drug-likeness (QED) is 0.645. The van der Waals surface area contributed by atoms with Crippen molar-refractivity contribution in [3.8, 4) is 0 Å². The lowest BCUT2D eigenvalue weighted by molar-refractivity contribution is 0.408. The highest BCUT2D eigenvalue weighted by Gasteiger charge is 2.18. The van der Waals surface area contributed by atoms with Gasteiger partial charge in [-0.2, -0.15) is 4.31 Å². The highest BCUT2D eigenvalue weighted by Crippen LogP contribution is 2.06. The average molecular weight is 398 g/mol. The SMILES string of the molecule is CS(=O)(=O)N(CCNS(=O)(=O)CCc1ccccc1)Cc1ccccn1. The Bertz CT molecular complexity index is 886. The minimum atomic E-state index is -3.48. The molecule has 9 heteroatoms. The fourth-order valence-corrected chi connectivity index (χ4v) is 4.17. The van der Waals surface area contributed by atoms with E-state index in [-0.39, 0.29) is 25.4 Å². The van der Waals surface area contributed by atoms with Crippen molar-refractivity contribution in [2.24, 2.45) is 0 Å². The van der Waals surface area contributed by atoms with Crippen molar-refractivity contribution in [2.75, 3.05) is 25.1 Å². The molecule has 0 amide bonds. The molecule has 0 atom stereocenters. The number of benzene rings is 1. The van der Waals surface area contributed by atoms with Crippen LogP contribution in [0.5, 0.6) is 0 Å². The van der Waals surface area contributed by atoms with Crippen molar-refractivity contribution >= 4 is 20.0 Å². The number of aromatic nitrogens is 1. The van der Waals surface area contributed by atoms with Gasteiger partial charge in [-0.1, -0.05) is 36.4 Å². The molecule has 0 unspecified atom stereocenters. The van der Waals surface area contributed by atoms with E-state index in [1.807, 2.05) is 30.3 Å². The van der Waals surface area contributed by atoms with Gasteiger partial charge in [0.2, 0.25) is 20.0 Å². The average Bonchev–Trinajstić information content (AvgIpc) is 2.60. The highest BCUT2D eigenvalue weighted by atomic mass is 32.2. The zero-order chi connectivity index (χ0) is 19.0. The van der Waals surface area contributed by atoms with Gasteiger partial charge < -0.3 is 0 Å². The van der Waals surface area contributed by atoms with Crippen LogP contribution in [0.15, 0.2) is 54.7 Å². The van der Waals surface area contributed by atoms with Crippen LogP contribution in [0.4, 0.5) is 0 Å². The summed E-state index contributed by atoms with van der Waals surface area (Å²) in [5.41, 5.74) is 1.54. The number of hydrogen-bond donors (Lipinski definition) is 1. The van der Waals surface area contributed by atoms with Gasteiger partial charge in [-0.3, -0.25) is 4.98 Å². The van der Waals surface area contributed by atoms with Crippen LogP contribution in [-0.4, -0.2) is 51.2 Å². The largest absolute Gasteiger partial charge is 0.260 e. The van der Waals surface area contributed by atoms with Crippen molar-refractivity contribution in [1.82, 2.24) is 14.0 Å². The smallest absolute Gasteiger partial charge is 0.211 e. The summed E-state index contributed by atoms with van der Waals surface area (Å²) in [6.07, 6.45) is 3.09. The Morgan fingerprint density at radius 2 is 1.69 bits per heavy atom. The number of nitrogens with zero attached hydrogens (tertiary/aromatic N) is 2. The van der Waals surface area contributed by atoms with E-state index in [2.05, 4.69) is 9.71 Å². The van der Waals surface area contributed by atoms with E-state index in [1.165, 1.54) is 4.31 Å². The maximum atomic E-state index is 12.1. The topological polar surface area (TPSA) is 96.4 Å². The van der Waals surface area contributed by atoms with Crippen LogP contribution in [0, 0.1) is 0 Å². The Morgan fingerprint density at radius 1 is 1.00 bits per heavy atom. The molecular formula is C17H23N3O4S2. The van der Waals surface area contributed by atoms with E-state index in [9.17, 15) is 16.8 Å². The second kappa shape index (κ2) is 9.22. The summed E-state index contributed by atoms with van der Waals surface area (Å²) in [7, 11) is -6.96. The molecule has 0 fully saturated rings. The Balaban J connectivity index is 1.88. The number of rotatable bonds is 10.